The van der Waals surface area contributed by atoms with Gasteiger partial charge in [0.1, 0.15) is 12.1 Å². The molecule has 3 amide bonds. The fraction of sp³-hybridized carbons (Fsp3) is 0.615. The molecular weight excluding hydrogens is 264 g/mol. The number of rotatable bonds is 6. The minimum Gasteiger partial charge on any atom is -0.461 e. The number of imide groups is 1. The lowest BCUT2D eigenvalue weighted by atomic mass is 10.0. The zero-order chi connectivity index (χ0) is 14.9. The molecule has 0 aromatic rings. The van der Waals surface area contributed by atoms with Crippen molar-refractivity contribution in [3.05, 3.63) is 12.7 Å². The molecule has 0 bridgehead atoms. The Morgan fingerprint density at radius 3 is 2.75 bits per heavy atom. The van der Waals surface area contributed by atoms with E-state index in [2.05, 4.69) is 6.58 Å². The Balaban J connectivity index is 1.98. The van der Waals surface area contributed by atoms with E-state index in [1.807, 2.05) is 0 Å². The van der Waals surface area contributed by atoms with Crippen LogP contribution in [0.2, 0.25) is 0 Å². The zero-order valence-electron chi connectivity index (χ0n) is 11.6. The molecule has 2 aliphatic heterocycles. The van der Waals surface area contributed by atoms with E-state index in [-0.39, 0.29) is 31.2 Å². The summed E-state index contributed by atoms with van der Waals surface area (Å²) in [6, 6.07) is -0.370. The van der Waals surface area contributed by atoms with E-state index in [1.54, 1.807) is 13.8 Å². The largest absolute Gasteiger partial charge is 0.461 e. The lowest BCUT2D eigenvalue weighted by Gasteiger charge is -2.26. The molecule has 2 aliphatic rings. The average molecular weight is 282 g/mol. The minimum atomic E-state index is -0.897. The van der Waals surface area contributed by atoms with Crippen molar-refractivity contribution < 1.29 is 23.9 Å². The Hall–Kier alpha value is -1.89. The average Bonchev–Trinajstić information content (AvgIpc) is 3.20. The van der Waals surface area contributed by atoms with Crippen molar-refractivity contribution in [1.82, 2.24) is 9.80 Å². The second-order valence-corrected chi connectivity index (χ2v) is 5.24. The molecule has 2 saturated heterocycles. The highest BCUT2D eigenvalue weighted by Crippen LogP contribution is 2.29. The third-order valence-corrected chi connectivity index (χ3v) is 3.42. The van der Waals surface area contributed by atoms with Crippen molar-refractivity contribution in [3.8, 4) is 0 Å². The number of nitrogens with zero attached hydrogens (tertiary/aromatic N) is 2. The predicted molar refractivity (Wildman–Crippen MR) is 68.8 cm³/mol. The molecule has 2 rings (SSSR count). The molecule has 0 radical (unpaired) electrons. The summed E-state index contributed by atoms with van der Waals surface area (Å²) >= 11 is 0. The molecule has 7 heteroatoms. The first kappa shape index (κ1) is 14.5. The summed E-state index contributed by atoms with van der Waals surface area (Å²) in [7, 11) is 0. The quantitative estimate of drug-likeness (QED) is 0.300. The van der Waals surface area contributed by atoms with Crippen molar-refractivity contribution in [2.45, 2.75) is 25.5 Å². The number of ether oxygens (including phenoxy) is 2. The van der Waals surface area contributed by atoms with Gasteiger partial charge in [-0.05, 0) is 13.8 Å². The van der Waals surface area contributed by atoms with Crippen LogP contribution in [-0.2, 0) is 19.1 Å². The van der Waals surface area contributed by atoms with Gasteiger partial charge in [-0.15, -0.1) is 0 Å². The molecule has 110 valence electrons. The van der Waals surface area contributed by atoms with E-state index in [1.165, 1.54) is 4.90 Å². The number of carbonyl (C=O) groups is 3. The summed E-state index contributed by atoms with van der Waals surface area (Å²) in [6.45, 7) is 7.70. The van der Waals surface area contributed by atoms with E-state index in [0.717, 1.165) is 11.0 Å². The van der Waals surface area contributed by atoms with Gasteiger partial charge in [0.05, 0.1) is 25.8 Å². The monoisotopic (exact) mass is 282 g/mol. The van der Waals surface area contributed by atoms with Gasteiger partial charge in [-0.2, -0.15) is 0 Å². The number of epoxide rings is 1. The van der Waals surface area contributed by atoms with Crippen LogP contribution in [0.15, 0.2) is 12.7 Å². The third-order valence-electron chi connectivity index (χ3n) is 3.42. The smallest absolute Gasteiger partial charge is 0.330 e. The molecule has 20 heavy (non-hydrogen) atoms. The SMILES string of the molecule is C=CC(=O)OCCN1C(=O)N(CC2CO2)C(C)(C)C1=O. The first-order chi connectivity index (χ1) is 9.37. The molecule has 0 aromatic carbocycles. The zero-order valence-corrected chi connectivity index (χ0v) is 11.6. The normalized spacial score (nSPS) is 24.0. The van der Waals surface area contributed by atoms with Crippen molar-refractivity contribution in [2.75, 3.05) is 26.3 Å². The highest BCUT2D eigenvalue weighted by Gasteiger charge is 2.52. The molecule has 0 spiro atoms. The van der Waals surface area contributed by atoms with E-state index >= 15 is 0 Å². The Labute approximate surface area is 117 Å². The fourth-order valence-corrected chi connectivity index (χ4v) is 2.09. The molecule has 2 heterocycles. The molecule has 0 saturated carbocycles. The van der Waals surface area contributed by atoms with E-state index in [0.29, 0.717) is 13.2 Å². The van der Waals surface area contributed by atoms with Crippen LogP contribution < -0.4 is 0 Å². The number of hydrogen-bond donors (Lipinski definition) is 0. The van der Waals surface area contributed by atoms with Gasteiger partial charge in [0.25, 0.3) is 5.91 Å². The summed E-state index contributed by atoms with van der Waals surface area (Å²) in [4.78, 5) is 38.1. The van der Waals surface area contributed by atoms with Gasteiger partial charge < -0.3 is 14.4 Å². The summed E-state index contributed by atoms with van der Waals surface area (Å²) in [5.41, 5.74) is -0.897. The van der Waals surface area contributed by atoms with Gasteiger partial charge in [0.2, 0.25) is 0 Å². The van der Waals surface area contributed by atoms with Crippen molar-refractivity contribution >= 4 is 17.9 Å². The Bertz CT molecular complexity index is 456. The van der Waals surface area contributed by atoms with Gasteiger partial charge in [0, 0.05) is 6.08 Å². The molecule has 1 atom stereocenters. The lowest BCUT2D eigenvalue weighted by Crippen LogP contribution is -2.45. The second-order valence-electron chi connectivity index (χ2n) is 5.24. The summed E-state index contributed by atoms with van der Waals surface area (Å²) in [6.07, 6.45) is 1.05. The van der Waals surface area contributed by atoms with Gasteiger partial charge in [-0.1, -0.05) is 6.58 Å². The fourth-order valence-electron chi connectivity index (χ4n) is 2.09. The number of hydrogen-bond acceptors (Lipinski definition) is 5. The minimum absolute atomic E-state index is 0.0181. The molecule has 0 aromatic heterocycles. The molecular formula is C13H18N2O5. The van der Waals surface area contributed by atoms with Crippen molar-refractivity contribution in [3.63, 3.8) is 0 Å². The maximum atomic E-state index is 12.3. The van der Waals surface area contributed by atoms with Crippen molar-refractivity contribution in [1.29, 1.82) is 0 Å². The highest BCUT2D eigenvalue weighted by atomic mass is 16.6. The second kappa shape index (κ2) is 5.24. The van der Waals surface area contributed by atoms with Crippen LogP contribution in [0.4, 0.5) is 4.79 Å². The maximum Gasteiger partial charge on any atom is 0.330 e. The van der Waals surface area contributed by atoms with Crippen LogP contribution >= 0.6 is 0 Å². The summed E-state index contributed by atoms with van der Waals surface area (Å²) < 4.78 is 9.91. The van der Waals surface area contributed by atoms with Gasteiger partial charge >= 0.3 is 12.0 Å². The molecule has 1 unspecified atom stereocenters. The standard InChI is InChI=1S/C13H18N2O5/c1-4-10(16)19-6-5-14-11(17)13(2,3)15(12(14)18)7-9-8-20-9/h4,9H,1,5-8H2,2-3H3. The molecule has 0 aliphatic carbocycles. The summed E-state index contributed by atoms with van der Waals surface area (Å²) in [5.74, 6) is -0.871. The first-order valence-electron chi connectivity index (χ1n) is 6.42. The predicted octanol–water partition coefficient (Wildman–Crippen LogP) is 0.157. The van der Waals surface area contributed by atoms with Crippen molar-refractivity contribution in [2.24, 2.45) is 0 Å². The third kappa shape index (κ3) is 2.67. The van der Waals surface area contributed by atoms with Gasteiger partial charge in [-0.25, -0.2) is 9.59 Å². The number of amides is 3. The van der Waals surface area contributed by atoms with Crippen LogP contribution in [-0.4, -0.2) is 65.7 Å². The molecule has 7 nitrogen and oxygen atoms in total. The van der Waals surface area contributed by atoms with Gasteiger partial charge in [-0.3, -0.25) is 9.69 Å². The van der Waals surface area contributed by atoms with Crippen LogP contribution in [0, 0.1) is 0 Å². The molecule has 2 fully saturated rings. The number of carbonyl (C=O) groups excluding carboxylic acids is 3. The maximum absolute atomic E-state index is 12.3. The Morgan fingerprint density at radius 1 is 1.55 bits per heavy atom. The first-order valence-corrected chi connectivity index (χ1v) is 6.42. The van der Waals surface area contributed by atoms with Crippen LogP contribution in [0.3, 0.4) is 0 Å². The topological polar surface area (TPSA) is 79.5 Å². The number of urea groups is 1. The Morgan fingerprint density at radius 2 is 2.20 bits per heavy atom. The Kier molecular flexibility index (Phi) is 3.80. The van der Waals surface area contributed by atoms with E-state index in [9.17, 15) is 14.4 Å². The summed E-state index contributed by atoms with van der Waals surface area (Å²) in [5, 5.41) is 0. The highest BCUT2D eigenvalue weighted by molar-refractivity contribution is 6.06. The van der Waals surface area contributed by atoms with Crippen LogP contribution in [0.5, 0.6) is 0 Å². The lowest BCUT2D eigenvalue weighted by molar-refractivity contribution is -0.140. The van der Waals surface area contributed by atoms with Crippen LogP contribution in [0.1, 0.15) is 13.8 Å². The molecule has 0 N–H and O–H groups in total. The van der Waals surface area contributed by atoms with Gasteiger partial charge in [0.15, 0.2) is 0 Å². The van der Waals surface area contributed by atoms with Crippen LogP contribution in [0.25, 0.3) is 0 Å². The van der Waals surface area contributed by atoms with E-state index in [4.69, 9.17) is 9.47 Å². The van der Waals surface area contributed by atoms with E-state index < -0.39 is 11.5 Å². The number of esters is 1.